The SMILES string of the molecule is CCC1CCC(C(=O)Cc2ccc(Br)cn2)C1. The molecule has 17 heavy (non-hydrogen) atoms. The third kappa shape index (κ3) is 3.38. The fourth-order valence-corrected chi connectivity index (χ4v) is 2.81. The molecular weight excluding hydrogens is 278 g/mol. The van der Waals surface area contributed by atoms with Gasteiger partial charge in [0.15, 0.2) is 0 Å². The second-order valence-corrected chi connectivity index (χ2v) is 5.81. The van der Waals surface area contributed by atoms with Crippen molar-refractivity contribution in [3.63, 3.8) is 0 Å². The van der Waals surface area contributed by atoms with Crippen LogP contribution in [0.15, 0.2) is 22.8 Å². The number of carbonyl (C=O) groups excluding carboxylic acids is 1. The minimum atomic E-state index is 0.283. The molecule has 0 radical (unpaired) electrons. The Morgan fingerprint density at radius 2 is 2.29 bits per heavy atom. The van der Waals surface area contributed by atoms with Gasteiger partial charge in [-0.1, -0.05) is 13.3 Å². The molecule has 2 nitrogen and oxygen atoms in total. The quantitative estimate of drug-likeness (QED) is 0.846. The predicted octanol–water partition coefficient (Wildman–Crippen LogP) is 3.78. The fraction of sp³-hybridized carbons (Fsp3) is 0.571. The van der Waals surface area contributed by atoms with Gasteiger partial charge in [0, 0.05) is 28.7 Å². The van der Waals surface area contributed by atoms with E-state index in [9.17, 15) is 4.79 Å². The summed E-state index contributed by atoms with van der Waals surface area (Å²) in [4.78, 5) is 16.4. The summed E-state index contributed by atoms with van der Waals surface area (Å²) >= 11 is 3.35. The molecule has 0 aromatic carbocycles. The summed E-state index contributed by atoms with van der Waals surface area (Å²) in [6, 6.07) is 3.87. The number of rotatable bonds is 4. The van der Waals surface area contributed by atoms with Gasteiger partial charge in [0.1, 0.15) is 5.78 Å². The van der Waals surface area contributed by atoms with Crippen LogP contribution < -0.4 is 0 Å². The number of Topliss-reactive ketones (excluding diaryl/α,β-unsaturated/α-hetero) is 1. The van der Waals surface area contributed by atoms with Gasteiger partial charge in [-0.3, -0.25) is 9.78 Å². The van der Waals surface area contributed by atoms with Crippen molar-refractivity contribution in [1.29, 1.82) is 0 Å². The second-order valence-electron chi connectivity index (χ2n) is 4.90. The third-order valence-electron chi connectivity index (χ3n) is 3.72. The van der Waals surface area contributed by atoms with E-state index in [0.29, 0.717) is 12.2 Å². The maximum absolute atomic E-state index is 12.1. The van der Waals surface area contributed by atoms with Crippen LogP contribution in [0.2, 0.25) is 0 Å². The van der Waals surface area contributed by atoms with Crippen LogP contribution in [0.4, 0.5) is 0 Å². The van der Waals surface area contributed by atoms with Gasteiger partial charge < -0.3 is 0 Å². The standard InChI is InChI=1S/C14H18BrNO/c1-2-10-3-4-11(7-10)14(17)8-13-6-5-12(15)9-16-13/h5-6,9-11H,2-4,7-8H2,1H3. The molecule has 1 aromatic rings. The summed E-state index contributed by atoms with van der Waals surface area (Å²) in [5.74, 6) is 1.42. The highest BCUT2D eigenvalue weighted by Gasteiger charge is 2.28. The lowest BCUT2D eigenvalue weighted by Gasteiger charge is -2.08. The highest BCUT2D eigenvalue weighted by Crippen LogP contribution is 2.33. The molecule has 0 aliphatic heterocycles. The van der Waals surface area contributed by atoms with Gasteiger partial charge in [-0.05, 0) is 53.2 Å². The largest absolute Gasteiger partial charge is 0.299 e. The second kappa shape index (κ2) is 5.76. The van der Waals surface area contributed by atoms with Crippen molar-refractivity contribution in [2.75, 3.05) is 0 Å². The van der Waals surface area contributed by atoms with Crippen LogP contribution in [0.5, 0.6) is 0 Å². The number of pyridine rings is 1. The van der Waals surface area contributed by atoms with Crippen molar-refractivity contribution < 1.29 is 4.79 Å². The Morgan fingerprint density at radius 1 is 1.47 bits per heavy atom. The van der Waals surface area contributed by atoms with Crippen LogP contribution in [0.25, 0.3) is 0 Å². The van der Waals surface area contributed by atoms with Gasteiger partial charge in [0.2, 0.25) is 0 Å². The first kappa shape index (κ1) is 12.7. The highest BCUT2D eigenvalue weighted by molar-refractivity contribution is 9.10. The minimum absolute atomic E-state index is 0.283. The molecule has 1 fully saturated rings. The van der Waals surface area contributed by atoms with E-state index in [0.717, 1.165) is 28.9 Å². The Kier molecular flexibility index (Phi) is 4.32. The zero-order valence-corrected chi connectivity index (χ0v) is 11.7. The predicted molar refractivity (Wildman–Crippen MR) is 71.8 cm³/mol. The average molecular weight is 296 g/mol. The zero-order chi connectivity index (χ0) is 12.3. The van der Waals surface area contributed by atoms with E-state index >= 15 is 0 Å². The molecule has 0 saturated heterocycles. The molecule has 3 heteroatoms. The first-order chi connectivity index (χ1) is 8.19. The molecule has 2 unspecified atom stereocenters. The van der Waals surface area contributed by atoms with Crippen LogP contribution in [-0.4, -0.2) is 10.8 Å². The van der Waals surface area contributed by atoms with Gasteiger partial charge in [-0.2, -0.15) is 0 Å². The minimum Gasteiger partial charge on any atom is -0.299 e. The number of carbonyl (C=O) groups is 1. The summed E-state index contributed by atoms with van der Waals surface area (Å²) in [6.07, 6.45) is 6.85. The third-order valence-corrected chi connectivity index (χ3v) is 4.19. The van der Waals surface area contributed by atoms with Crippen LogP contribution in [0, 0.1) is 11.8 Å². The number of aromatic nitrogens is 1. The summed E-state index contributed by atoms with van der Waals surface area (Å²) in [5, 5.41) is 0. The van der Waals surface area contributed by atoms with Crippen LogP contribution in [0.1, 0.15) is 38.3 Å². The van der Waals surface area contributed by atoms with E-state index in [4.69, 9.17) is 0 Å². The van der Waals surface area contributed by atoms with E-state index in [1.807, 2.05) is 12.1 Å². The van der Waals surface area contributed by atoms with E-state index in [2.05, 4.69) is 27.8 Å². The first-order valence-electron chi connectivity index (χ1n) is 6.32. The monoisotopic (exact) mass is 295 g/mol. The van der Waals surface area contributed by atoms with Crippen LogP contribution in [-0.2, 0) is 11.2 Å². The maximum Gasteiger partial charge on any atom is 0.141 e. The molecule has 2 rings (SSSR count). The highest BCUT2D eigenvalue weighted by atomic mass is 79.9. The molecule has 1 heterocycles. The number of hydrogen-bond acceptors (Lipinski definition) is 2. The molecule has 1 saturated carbocycles. The average Bonchev–Trinajstić information content (AvgIpc) is 2.81. The van der Waals surface area contributed by atoms with E-state index in [1.165, 1.54) is 12.8 Å². The molecule has 2 atom stereocenters. The maximum atomic E-state index is 12.1. The van der Waals surface area contributed by atoms with Crippen molar-refractivity contribution >= 4 is 21.7 Å². The summed E-state index contributed by atoms with van der Waals surface area (Å²) in [6.45, 7) is 2.22. The Bertz CT molecular complexity index is 388. The van der Waals surface area contributed by atoms with Crippen molar-refractivity contribution in [1.82, 2.24) is 4.98 Å². The van der Waals surface area contributed by atoms with Crippen molar-refractivity contribution in [2.45, 2.75) is 39.0 Å². The lowest BCUT2D eigenvalue weighted by Crippen LogP contribution is -2.14. The molecule has 0 bridgehead atoms. The molecule has 92 valence electrons. The number of hydrogen-bond donors (Lipinski definition) is 0. The zero-order valence-electron chi connectivity index (χ0n) is 10.2. The van der Waals surface area contributed by atoms with Gasteiger partial charge in [-0.25, -0.2) is 0 Å². The van der Waals surface area contributed by atoms with E-state index in [1.54, 1.807) is 6.20 Å². The van der Waals surface area contributed by atoms with Gasteiger partial charge in [0.25, 0.3) is 0 Å². The van der Waals surface area contributed by atoms with Crippen molar-refractivity contribution in [3.8, 4) is 0 Å². The van der Waals surface area contributed by atoms with Gasteiger partial charge >= 0.3 is 0 Å². The lowest BCUT2D eigenvalue weighted by molar-refractivity contribution is -0.122. The Hall–Kier alpha value is -0.700. The Labute approximate surface area is 111 Å². The fourth-order valence-electron chi connectivity index (χ4n) is 2.57. The smallest absolute Gasteiger partial charge is 0.141 e. The summed E-state index contributed by atoms with van der Waals surface area (Å²) in [5.41, 5.74) is 0.887. The molecular formula is C14H18BrNO. The van der Waals surface area contributed by atoms with Crippen LogP contribution >= 0.6 is 15.9 Å². The first-order valence-corrected chi connectivity index (χ1v) is 7.11. The molecule has 0 spiro atoms. The molecule has 0 N–H and O–H groups in total. The molecule has 1 aromatic heterocycles. The van der Waals surface area contributed by atoms with Gasteiger partial charge in [-0.15, -0.1) is 0 Å². The van der Waals surface area contributed by atoms with Crippen LogP contribution in [0.3, 0.4) is 0 Å². The lowest BCUT2D eigenvalue weighted by atomic mass is 9.96. The Balaban J connectivity index is 1.91. The molecule has 0 amide bonds. The van der Waals surface area contributed by atoms with E-state index in [-0.39, 0.29) is 5.92 Å². The topological polar surface area (TPSA) is 30.0 Å². The molecule has 1 aliphatic rings. The molecule has 1 aliphatic carbocycles. The van der Waals surface area contributed by atoms with E-state index < -0.39 is 0 Å². The van der Waals surface area contributed by atoms with Crippen molar-refractivity contribution in [3.05, 3.63) is 28.5 Å². The normalized spacial score (nSPS) is 23.9. The summed E-state index contributed by atoms with van der Waals surface area (Å²) < 4.78 is 0.959. The number of halogens is 1. The van der Waals surface area contributed by atoms with Crippen molar-refractivity contribution in [2.24, 2.45) is 11.8 Å². The van der Waals surface area contributed by atoms with Gasteiger partial charge in [0.05, 0.1) is 0 Å². The number of nitrogens with zero attached hydrogens (tertiary/aromatic N) is 1. The Morgan fingerprint density at radius 3 is 2.88 bits per heavy atom. The number of ketones is 1. The summed E-state index contributed by atoms with van der Waals surface area (Å²) in [7, 11) is 0.